The minimum Gasteiger partial charge on any atom is -0.447 e. The van der Waals surface area contributed by atoms with E-state index in [0.29, 0.717) is 10.7 Å². The molecule has 3 aliphatic carbocycles. The number of alkyl halides is 5. The molecule has 1 aromatic carbocycles. The molecule has 3 N–H and O–H groups in total. The number of nitrogens with one attached hydrogen (secondary N) is 1. The summed E-state index contributed by atoms with van der Waals surface area (Å²) >= 11 is 6.44. The van der Waals surface area contributed by atoms with Crippen LogP contribution in [0.15, 0.2) is 57.5 Å². The normalized spacial score (nSPS) is 23.0. The molecule has 20 heteroatoms. The molecular weight excluding hydrogens is 770 g/mol. The molecule has 0 spiro atoms. The molecule has 2 amide bonds. The number of benzene rings is 1. The number of amides is 2. The van der Waals surface area contributed by atoms with Gasteiger partial charge in [-0.05, 0) is 67.7 Å². The molecule has 1 unspecified atom stereocenters. The summed E-state index contributed by atoms with van der Waals surface area (Å²) in [5, 5.41) is 14.4. The summed E-state index contributed by atoms with van der Waals surface area (Å²) < 4.78 is 92.2. The minimum atomic E-state index is -4.75. The van der Waals surface area contributed by atoms with Gasteiger partial charge in [-0.2, -0.15) is 18.3 Å². The molecule has 0 radical (unpaired) electrons. The highest BCUT2D eigenvalue weighted by Crippen LogP contribution is 2.50. The first-order valence-corrected chi connectivity index (χ1v) is 18.1. The van der Waals surface area contributed by atoms with Gasteiger partial charge in [0.2, 0.25) is 0 Å². The van der Waals surface area contributed by atoms with Crippen LogP contribution in [0, 0.1) is 11.3 Å². The Hall–Kier alpha value is -4.94. The number of hydrogen-bond acceptors (Lipinski definition) is 9. The molecule has 56 heavy (non-hydrogen) atoms. The summed E-state index contributed by atoms with van der Waals surface area (Å²) in [6.45, 7) is 8.14. The second-order valence-corrected chi connectivity index (χ2v) is 15.9. The molecule has 2 saturated carbocycles. The second-order valence-electron chi connectivity index (χ2n) is 15.5. The first-order valence-electron chi connectivity index (χ1n) is 17.8. The molecule has 0 bridgehead atoms. The van der Waals surface area contributed by atoms with Crippen LogP contribution in [0.1, 0.15) is 82.6 Å². The summed E-state index contributed by atoms with van der Waals surface area (Å²) in [5.41, 5.74) is 2.22. The van der Waals surface area contributed by atoms with Gasteiger partial charge in [-0.15, -0.1) is 5.10 Å². The Labute approximate surface area is 323 Å². The van der Waals surface area contributed by atoms with Crippen LogP contribution in [0.5, 0.6) is 0 Å². The molecule has 2 aromatic rings. The van der Waals surface area contributed by atoms with E-state index in [4.69, 9.17) is 27.1 Å². The van der Waals surface area contributed by atoms with Gasteiger partial charge < -0.3 is 15.8 Å². The van der Waals surface area contributed by atoms with Crippen LogP contribution in [-0.4, -0.2) is 87.7 Å². The highest BCUT2D eigenvalue weighted by molar-refractivity contribution is 6.34. The third-order valence-corrected chi connectivity index (χ3v) is 10.5. The highest BCUT2D eigenvalue weighted by Gasteiger charge is 2.65. The van der Waals surface area contributed by atoms with Gasteiger partial charge in [-0.25, -0.2) is 32.6 Å². The van der Waals surface area contributed by atoms with E-state index < -0.39 is 71.3 Å². The summed E-state index contributed by atoms with van der Waals surface area (Å²) in [5.74, 6) is -3.46. The molecule has 302 valence electrons. The van der Waals surface area contributed by atoms with Crippen molar-refractivity contribution in [3.63, 3.8) is 0 Å². The number of nitrogens with two attached hydrogens (primary N) is 1. The van der Waals surface area contributed by atoms with Crippen LogP contribution in [-0.2, 0) is 9.53 Å². The van der Waals surface area contributed by atoms with Gasteiger partial charge in [0, 0.05) is 25.3 Å². The van der Waals surface area contributed by atoms with Gasteiger partial charge in [0.15, 0.2) is 17.3 Å². The van der Waals surface area contributed by atoms with Crippen molar-refractivity contribution in [2.24, 2.45) is 32.2 Å². The van der Waals surface area contributed by atoms with E-state index in [9.17, 15) is 26.7 Å². The lowest BCUT2D eigenvalue weighted by atomic mass is 9.70. The average molecular weight is 811 g/mol. The topological polar surface area (TPSA) is 156 Å². The maximum Gasteiger partial charge on any atom is 0.411 e. The van der Waals surface area contributed by atoms with Gasteiger partial charge >= 0.3 is 12.3 Å². The first-order chi connectivity index (χ1) is 26.2. The number of ether oxygens (including phenoxy) is 1. The Bertz CT molecular complexity index is 2020. The molecule has 4 aliphatic rings. The maximum atomic E-state index is 16.1. The molecule has 0 saturated heterocycles. The number of allylic oxidation sites excluding steroid dienone is 3. The van der Waals surface area contributed by atoms with Crippen LogP contribution < -0.4 is 16.1 Å². The number of amidine groups is 1. The van der Waals surface area contributed by atoms with Crippen molar-refractivity contribution >= 4 is 53.4 Å². The number of guanidine groups is 1. The van der Waals surface area contributed by atoms with E-state index in [1.807, 2.05) is 26.1 Å². The lowest BCUT2D eigenvalue weighted by Crippen LogP contribution is -2.52. The zero-order chi connectivity index (χ0) is 41.0. The Morgan fingerprint density at radius 1 is 1.23 bits per heavy atom. The predicted molar refractivity (Wildman–Crippen MR) is 197 cm³/mol. The standard InChI is InChI=1S/C36H41ClF6N10O3/c1-33(2,3)18-35(20-7-10-22(24(38)15-20)25-16-51(50-49-25)21-8-9-21)30(54)52(31(44)47-35)27(17-56-32(55)48-34(12-13-34)36(41,42)43)19-6-11-23(37)26(14-19)53(46-5)29(45-4)28(39)40/h6,10-11,14-16,20-21,27-28H,5,7-9,12-13,17-18H2,1-4H3,(H2,44,47)(H,48,55)/t20?,27-,35-/m1/s1. The van der Waals surface area contributed by atoms with Crippen LogP contribution in [0.2, 0.25) is 5.02 Å². The number of hydrogen-bond donors (Lipinski definition) is 2. The van der Waals surface area contributed by atoms with Crippen molar-refractivity contribution in [3.05, 3.63) is 58.7 Å². The van der Waals surface area contributed by atoms with Crippen LogP contribution >= 0.6 is 11.6 Å². The van der Waals surface area contributed by atoms with Crippen molar-refractivity contribution in [2.75, 3.05) is 18.7 Å². The molecule has 2 heterocycles. The molecule has 1 aliphatic heterocycles. The molecular formula is C36H41ClF6N10O3. The number of carbonyl (C=O) groups is 2. The largest absolute Gasteiger partial charge is 0.447 e. The lowest BCUT2D eigenvalue weighted by Gasteiger charge is -2.39. The zero-order valence-corrected chi connectivity index (χ0v) is 31.7. The Kier molecular flexibility index (Phi) is 10.8. The van der Waals surface area contributed by atoms with Gasteiger partial charge in [-0.1, -0.05) is 49.7 Å². The maximum absolute atomic E-state index is 16.1. The second kappa shape index (κ2) is 14.9. The summed E-state index contributed by atoms with van der Waals surface area (Å²) in [7, 11) is 1.10. The van der Waals surface area contributed by atoms with E-state index in [-0.39, 0.29) is 59.5 Å². The van der Waals surface area contributed by atoms with E-state index in [1.165, 1.54) is 24.3 Å². The predicted octanol–water partition coefficient (Wildman–Crippen LogP) is 7.13. The van der Waals surface area contributed by atoms with Crippen molar-refractivity contribution < 1.29 is 40.7 Å². The average Bonchev–Trinajstić information content (AvgIpc) is 4.04. The van der Waals surface area contributed by atoms with Crippen molar-refractivity contribution in [2.45, 2.75) is 95.1 Å². The van der Waals surface area contributed by atoms with E-state index in [0.717, 1.165) is 24.8 Å². The van der Waals surface area contributed by atoms with Gasteiger partial charge in [0.05, 0.1) is 29.0 Å². The molecule has 3 atom stereocenters. The van der Waals surface area contributed by atoms with E-state index in [2.05, 4.69) is 27.1 Å². The number of anilines is 1. The fourth-order valence-electron chi connectivity index (χ4n) is 7.14. The van der Waals surface area contributed by atoms with Crippen molar-refractivity contribution in [1.82, 2.24) is 25.2 Å². The summed E-state index contributed by atoms with van der Waals surface area (Å²) in [4.78, 5) is 37.2. The van der Waals surface area contributed by atoms with Crippen molar-refractivity contribution in [1.29, 1.82) is 0 Å². The molecule has 6 rings (SSSR count). The highest BCUT2D eigenvalue weighted by atomic mass is 35.5. The number of alkyl carbamates (subject to hydrolysis) is 1. The number of nitrogens with zero attached hydrogens (tertiary/aromatic N) is 8. The summed E-state index contributed by atoms with van der Waals surface area (Å²) in [6, 6.07) is 2.73. The molecule has 2 fully saturated rings. The van der Waals surface area contributed by atoms with Crippen LogP contribution in [0.3, 0.4) is 0 Å². The SMILES string of the molecule is C=NN(C(=NC)C(F)F)c1cc([C@@H](COC(=O)NC2(C(F)(F)F)CC2)N2C(=O)[C@@](CC(C)(C)C)(C3C=C(F)C(c4cn(C5CC5)nn4)=CC3)N=C2N)ccc1Cl. The molecule has 13 nitrogen and oxygen atoms in total. The van der Waals surface area contributed by atoms with Crippen molar-refractivity contribution in [3.8, 4) is 0 Å². The lowest BCUT2D eigenvalue weighted by molar-refractivity contribution is -0.164. The Morgan fingerprint density at radius 2 is 1.93 bits per heavy atom. The Balaban J connectivity index is 1.38. The van der Waals surface area contributed by atoms with Gasteiger partial charge in [0.1, 0.15) is 23.7 Å². The number of halogens is 7. The smallest absolute Gasteiger partial charge is 0.411 e. The first kappa shape index (κ1) is 40.7. The third kappa shape index (κ3) is 7.86. The fraction of sp³-hybridized carbons (Fsp3) is 0.528. The zero-order valence-electron chi connectivity index (χ0n) is 31.0. The third-order valence-electron chi connectivity index (χ3n) is 10.1. The van der Waals surface area contributed by atoms with Gasteiger partial charge in [-0.3, -0.25) is 14.7 Å². The van der Waals surface area contributed by atoms with Gasteiger partial charge in [0.25, 0.3) is 12.3 Å². The van der Waals surface area contributed by atoms with Crippen LogP contribution in [0.4, 0.5) is 36.8 Å². The fourth-order valence-corrected chi connectivity index (χ4v) is 7.33. The minimum absolute atomic E-state index is 0.0540. The monoisotopic (exact) mass is 810 g/mol. The quantitative estimate of drug-likeness (QED) is 0.100. The molecule has 1 aromatic heterocycles. The number of hydrazone groups is 1. The van der Waals surface area contributed by atoms with Crippen LogP contribution in [0.25, 0.3) is 5.57 Å². The summed E-state index contributed by atoms with van der Waals surface area (Å²) in [6.07, 6.45) is -3.35. The Morgan fingerprint density at radius 3 is 2.48 bits per heavy atom. The number of carbonyl (C=O) groups excluding carboxylic acids is 2. The van der Waals surface area contributed by atoms with E-state index in [1.54, 1.807) is 17.0 Å². The number of aliphatic imine (C=N–C) groups is 2. The number of rotatable bonds is 12. The number of aromatic nitrogens is 3. The van der Waals surface area contributed by atoms with E-state index >= 15 is 9.18 Å².